The fourth-order valence-electron chi connectivity index (χ4n) is 2.59. The molecule has 26 heavy (non-hydrogen) atoms. The second-order valence-corrected chi connectivity index (χ2v) is 5.32. The summed E-state index contributed by atoms with van der Waals surface area (Å²) in [6.07, 6.45) is 2.77. The highest BCUT2D eigenvalue weighted by Crippen LogP contribution is 2.27. The third kappa shape index (κ3) is 2.71. The minimum Gasteiger partial charge on any atom is -0.464 e. The van der Waals surface area contributed by atoms with E-state index >= 15 is 0 Å². The summed E-state index contributed by atoms with van der Waals surface area (Å²) >= 11 is 0. The number of benzene rings is 1. The molecule has 0 atom stereocenters. The Balaban J connectivity index is 2.18. The summed E-state index contributed by atoms with van der Waals surface area (Å²) in [7, 11) is 1.16. The standard InChI is InChI=1S/C18H13FN4O3/c1-26-18(25)17-16(21)11(9-20)10-23(17)14-6-5-12(8-13(14)19)22-7-3-2-4-15(22)24/h2-8,10H,21H2,1H3. The number of carbonyl (C=O) groups is 1. The molecule has 2 N–H and O–H groups in total. The molecule has 3 rings (SSSR count). The molecular formula is C18H13FN4O3. The van der Waals surface area contributed by atoms with E-state index in [0.29, 0.717) is 5.69 Å². The van der Waals surface area contributed by atoms with Crippen molar-refractivity contribution in [3.8, 4) is 17.4 Å². The summed E-state index contributed by atoms with van der Waals surface area (Å²) in [6, 6.07) is 10.5. The molecule has 0 bridgehead atoms. The van der Waals surface area contributed by atoms with Crippen LogP contribution < -0.4 is 11.3 Å². The number of rotatable bonds is 3. The Labute approximate surface area is 147 Å². The van der Waals surface area contributed by atoms with E-state index in [0.717, 1.165) is 17.7 Å². The Kier molecular flexibility index (Phi) is 4.29. The van der Waals surface area contributed by atoms with Crippen LogP contribution in [0, 0.1) is 17.1 Å². The second kappa shape index (κ2) is 6.57. The molecule has 7 nitrogen and oxygen atoms in total. The Morgan fingerprint density at radius 3 is 2.65 bits per heavy atom. The number of hydrogen-bond acceptors (Lipinski definition) is 5. The zero-order chi connectivity index (χ0) is 18.8. The Hall–Kier alpha value is -3.86. The van der Waals surface area contributed by atoms with Gasteiger partial charge in [-0.3, -0.25) is 9.36 Å². The molecule has 0 aliphatic rings. The van der Waals surface area contributed by atoms with Crippen LogP contribution in [0.1, 0.15) is 16.1 Å². The Morgan fingerprint density at radius 1 is 1.27 bits per heavy atom. The lowest BCUT2D eigenvalue weighted by atomic mass is 10.2. The molecular weight excluding hydrogens is 339 g/mol. The average Bonchev–Trinajstić information content (AvgIpc) is 2.97. The molecule has 2 heterocycles. The quantitative estimate of drug-likeness (QED) is 0.726. The zero-order valence-electron chi connectivity index (χ0n) is 13.6. The highest BCUT2D eigenvalue weighted by atomic mass is 19.1. The SMILES string of the molecule is COC(=O)c1c(N)c(C#N)cn1-c1ccc(-n2ccccc2=O)cc1F. The maximum Gasteiger partial charge on any atom is 0.357 e. The number of methoxy groups -OCH3 is 1. The van der Waals surface area contributed by atoms with E-state index in [1.54, 1.807) is 12.1 Å². The molecule has 130 valence electrons. The van der Waals surface area contributed by atoms with Gasteiger partial charge in [-0.15, -0.1) is 0 Å². The van der Waals surface area contributed by atoms with Crippen LogP contribution >= 0.6 is 0 Å². The molecule has 0 radical (unpaired) electrons. The number of hydrogen-bond donors (Lipinski definition) is 1. The molecule has 0 amide bonds. The number of esters is 1. The first-order valence-corrected chi connectivity index (χ1v) is 7.45. The van der Waals surface area contributed by atoms with Gasteiger partial charge in [-0.25, -0.2) is 9.18 Å². The summed E-state index contributed by atoms with van der Waals surface area (Å²) in [6.45, 7) is 0. The van der Waals surface area contributed by atoms with E-state index in [-0.39, 0.29) is 28.2 Å². The first-order chi connectivity index (χ1) is 12.5. The van der Waals surface area contributed by atoms with E-state index in [9.17, 15) is 14.0 Å². The summed E-state index contributed by atoms with van der Waals surface area (Å²) in [5.41, 5.74) is 5.58. The Bertz CT molecular complexity index is 1110. The highest BCUT2D eigenvalue weighted by Gasteiger charge is 2.23. The normalized spacial score (nSPS) is 10.3. The molecule has 0 unspecified atom stereocenters. The van der Waals surface area contributed by atoms with Crippen molar-refractivity contribution in [1.82, 2.24) is 9.13 Å². The predicted octanol–water partition coefficient (Wildman–Crippen LogP) is 2.01. The number of pyridine rings is 1. The van der Waals surface area contributed by atoms with Crippen LogP contribution in [0.3, 0.4) is 0 Å². The number of anilines is 1. The molecule has 0 saturated carbocycles. The van der Waals surface area contributed by atoms with Gasteiger partial charge in [-0.2, -0.15) is 5.26 Å². The van der Waals surface area contributed by atoms with Crippen molar-refractivity contribution < 1.29 is 13.9 Å². The summed E-state index contributed by atoms with van der Waals surface area (Å²) in [5.74, 6) is -1.50. The van der Waals surface area contributed by atoms with Gasteiger partial charge in [0.15, 0.2) is 5.69 Å². The number of aromatic nitrogens is 2. The van der Waals surface area contributed by atoms with E-state index in [4.69, 9.17) is 11.0 Å². The lowest BCUT2D eigenvalue weighted by molar-refractivity contribution is 0.0593. The van der Waals surface area contributed by atoms with Gasteiger partial charge in [-0.1, -0.05) is 6.07 Å². The van der Waals surface area contributed by atoms with E-state index in [2.05, 4.69) is 4.74 Å². The maximum absolute atomic E-state index is 14.7. The fraction of sp³-hybridized carbons (Fsp3) is 0.0556. The van der Waals surface area contributed by atoms with E-state index < -0.39 is 11.8 Å². The molecule has 2 aromatic heterocycles. The third-order valence-electron chi connectivity index (χ3n) is 3.84. The molecule has 0 aliphatic carbocycles. The lowest BCUT2D eigenvalue weighted by Crippen LogP contribution is -2.16. The lowest BCUT2D eigenvalue weighted by Gasteiger charge is -2.11. The van der Waals surface area contributed by atoms with Gasteiger partial charge in [0.2, 0.25) is 0 Å². The van der Waals surface area contributed by atoms with Crippen LogP contribution in [0.15, 0.2) is 53.6 Å². The fourth-order valence-corrected chi connectivity index (χ4v) is 2.59. The van der Waals surface area contributed by atoms with Crippen molar-refractivity contribution in [2.45, 2.75) is 0 Å². The number of carbonyl (C=O) groups excluding carboxylic acids is 1. The number of ether oxygens (including phenoxy) is 1. The van der Waals surface area contributed by atoms with Gasteiger partial charge < -0.3 is 15.0 Å². The number of nitrogens with zero attached hydrogens (tertiary/aromatic N) is 3. The summed E-state index contributed by atoms with van der Waals surface area (Å²) in [4.78, 5) is 23.9. The smallest absolute Gasteiger partial charge is 0.357 e. The average molecular weight is 352 g/mol. The van der Waals surface area contributed by atoms with Gasteiger partial charge in [0.1, 0.15) is 11.9 Å². The molecule has 1 aromatic carbocycles. The van der Waals surface area contributed by atoms with Crippen LogP contribution in [-0.2, 0) is 4.74 Å². The third-order valence-corrected chi connectivity index (χ3v) is 3.84. The van der Waals surface area contributed by atoms with Crippen LogP contribution in [0.4, 0.5) is 10.1 Å². The van der Waals surface area contributed by atoms with Gasteiger partial charge in [0, 0.05) is 24.5 Å². The van der Waals surface area contributed by atoms with Crippen LogP contribution in [-0.4, -0.2) is 22.2 Å². The maximum atomic E-state index is 14.7. The minimum absolute atomic E-state index is 0.00803. The van der Waals surface area contributed by atoms with Crippen molar-refractivity contribution in [3.05, 3.63) is 76.2 Å². The summed E-state index contributed by atoms with van der Waals surface area (Å²) in [5, 5.41) is 9.12. The van der Waals surface area contributed by atoms with Crippen molar-refractivity contribution in [1.29, 1.82) is 5.26 Å². The number of nitrogen functional groups attached to an aromatic ring is 1. The van der Waals surface area contributed by atoms with E-state index in [1.807, 2.05) is 6.07 Å². The van der Waals surface area contributed by atoms with Crippen molar-refractivity contribution in [2.75, 3.05) is 12.8 Å². The van der Waals surface area contributed by atoms with Gasteiger partial charge >= 0.3 is 5.97 Å². The first-order valence-electron chi connectivity index (χ1n) is 7.45. The molecule has 0 aliphatic heterocycles. The molecule has 0 saturated heterocycles. The molecule has 8 heteroatoms. The molecule has 3 aromatic rings. The number of nitriles is 1. The van der Waals surface area contributed by atoms with Crippen LogP contribution in [0.2, 0.25) is 0 Å². The second-order valence-electron chi connectivity index (χ2n) is 5.32. The Morgan fingerprint density at radius 2 is 2.04 bits per heavy atom. The first kappa shape index (κ1) is 17.0. The van der Waals surface area contributed by atoms with Gasteiger partial charge in [0.05, 0.1) is 29.7 Å². The van der Waals surface area contributed by atoms with Crippen molar-refractivity contribution in [3.63, 3.8) is 0 Å². The van der Waals surface area contributed by atoms with Crippen LogP contribution in [0.25, 0.3) is 11.4 Å². The van der Waals surface area contributed by atoms with Crippen molar-refractivity contribution in [2.24, 2.45) is 0 Å². The minimum atomic E-state index is -0.799. The van der Waals surface area contributed by atoms with Crippen molar-refractivity contribution >= 4 is 11.7 Å². The number of nitrogens with two attached hydrogens (primary N) is 1. The van der Waals surface area contributed by atoms with E-state index in [1.165, 1.54) is 35.2 Å². The monoisotopic (exact) mass is 352 g/mol. The van der Waals surface area contributed by atoms with Crippen LogP contribution in [0.5, 0.6) is 0 Å². The molecule has 0 spiro atoms. The largest absolute Gasteiger partial charge is 0.464 e. The number of halogens is 1. The van der Waals surface area contributed by atoms with Gasteiger partial charge in [0.25, 0.3) is 5.56 Å². The molecule has 0 fully saturated rings. The van der Waals surface area contributed by atoms with Gasteiger partial charge in [-0.05, 0) is 18.2 Å². The topological polar surface area (TPSA) is 103 Å². The predicted molar refractivity (Wildman–Crippen MR) is 91.8 cm³/mol. The zero-order valence-corrected chi connectivity index (χ0v) is 13.6. The highest BCUT2D eigenvalue weighted by molar-refractivity contribution is 5.96. The summed E-state index contributed by atoms with van der Waals surface area (Å²) < 4.78 is 21.8.